The van der Waals surface area contributed by atoms with Crippen molar-refractivity contribution in [1.29, 1.82) is 0 Å². The quantitative estimate of drug-likeness (QED) is 0.272. The van der Waals surface area contributed by atoms with Crippen molar-refractivity contribution < 1.29 is 14.5 Å². The fourth-order valence-electron chi connectivity index (χ4n) is 1.50. The van der Waals surface area contributed by atoms with Crippen molar-refractivity contribution in [3.05, 3.63) is 51.1 Å². The van der Waals surface area contributed by atoms with Crippen molar-refractivity contribution in [2.45, 2.75) is 6.92 Å². The maximum Gasteiger partial charge on any atom is 0.340 e. The summed E-state index contributed by atoms with van der Waals surface area (Å²) in [4.78, 5) is 21.5. The number of hydrogen-bond donors (Lipinski definition) is 0. The molecule has 0 saturated carbocycles. The summed E-state index contributed by atoms with van der Waals surface area (Å²) < 4.78 is 4.54. The summed E-state index contributed by atoms with van der Waals surface area (Å²) >= 11 is 0. The number of esters is 1. The Kier molecular flexibility index (Phi) is 5.30. The molecule has 1 aromatic rings. The van der Waals surface area contributed by atoms with E-state index in [1.165, 1.54) is 13.2 Å². The second kappa shape index (κ2) is 6.97. The zero-order chi connectivity index (χ0) is 14.3. The summed E-state index contributed by atoms with van der Waals surface area (Å²) in [5.74, 6) is 4.92. The van der Waals surface area contributed by atoms with Gasteiger partial charge < -0.3 is 4.74 Å². The molecule has 0 bridgehead atoms. The lowest BCUT2D eigenvalue weighted by Gasteiger charge is -2.03. The van der Waals surface area contributed by atoms with Crippen LogP contribution in [0.4, 0.5) is 0 Å². The summed E-state index contributed by atoms with van der Waals surface area (Å²) in [5.41, 5.74) is 1.34. The van der Waals surface area contributed by atoms with Crippen LogP contribution in [0.3, 0.4) is 0 Å². The lowest BCUT2D eigenvalue weighted by molar-refractivity contribution is -0.470. The normalized spacial score (nSPS) is 10.3. The number of nitro groups is 1. The highest BCUT2D eigenvalue weighted by Crippen LogP contribution is 2.13. The number of nitrogens with zero attached hydrogens (tertiary/aromatic N) is 1. The van der Waals surface area contributed by atoms with E-state index < -0.39 is 17.4 Å². The smallest absolute Gasteiger partial charge is 0.340 e. The molecule has 0 atom stereocenters. The van der Waals surface area contributed by atoms with Crippen molar-refractivity contribution in [1.82, 2.24) is 0 Å². The van der Waals surface area contributed by atoms with Crippen LogP contribution in [-0.4, -0.2) is 24.5 Å². The minimum Gasteiger partial charge on any atom is -0.465 e. The minimum atomic E-state index is -0.712. The van der Waals surface area contributed by atoms with Crippen LogP contribution in [0.1, 0.15) is 18.1 Å². The maximum absolute atomic E-state index is 11.5. The third kappa shape index (κ3) is 4.28. The predicted octanol–water partition coefficient (Wildman–Crippen LogP) is 1.89. The highest BCUT2D eigenvalue weighted by Gasteiger charge is 2.16. The first-order valence-corrected chi connectivity index (χ1v) is 5.51. The third-order valence-electron chi connectivity index (χ3n) is 2.30. The van der Waals surface area contributed by atoms with E-state index in [1.54, 1.807) is 25.1 Å². The minimum absolute atomic E-state index is 0.0159. The number of carbonyl (C=O) groups is 1. The van der Waals surface area contributed by atoms with Crippen LogP contribution in [0.15, 0.2) is 29.8 Å². The first kappa shape index (κ1) is 14.5. The van der Waals surface area contributed by atoms with Crippen LogP contribution in [0.25, 0.3) is 6.08 Å². The molecule has 0 aliphatic carbocycles. The molecular formula is C14H13NO4. The Labute approximate surface area is 111 Å². The molecule has 0 unspecified atom stereocenters. The molecule has 19 heavy (non-hydrogen) atoms. The zero-order valence-corrected chi connectivity index (χ0v) is 10.7. The van der Waals surface area contributed by atoms with Gasteiger partial charge in [0.2, 0.25) is 6.54 Å². The second-order valence-corrected chi connectivity index (χ2v) is 3.61. The molecular weight excluding hydrogens is 246 g/mol. The summed E-state index contributed by atoms with van der Waals surface area (Å²) in [6.45, 7) is 1.11. The van der Waals surface area contributed by atoms with Gasteiger partial charge in [-0.3, -0.25) is 10.1 Å². The Morgan fingerprint density at radius 3 is 2.74 bits per heavy atom. The number of ether oxygens (including phenoxy) is 1. The SMILES string of the molecule is CC#Cc1ccccc1/C=C(\C[N+](=O)[O-])C(=O)OC. The van der Waals surface area contributed by atoms with Crippen LogP contribution >= 0.6 is 0 Å². The fourth-order valence-corrected chi connectivity index (χ4v) is 1.50. The molecule has 0 N–H and O–H groups in total. The topological polar surface area (TPSA) is 69.4 Å². The highest BCUT2D eigenvalue weighted by molar-refractivity contribution is 5.94. The Balaban J connectivity index is 3.23. The van der Waals surface area contributed by atoms with E-state index in [2.05, 4.69) is 16.6 Å². The molecule has 0 spiro atoms. The molecule has 0 aliphatic rings. The molecule has 5 nitrogen and oxygen atoms in total. The number of benzene rings is 1. The van der Waals surface area contributed by atoms with Crippen LogP contribution < -0.4 is 0 Å². The van der Waals surface area contributed by atoms with Gasteiger partial charge in [-0.25, -0.2) is 4.79 Å². The van der Waals surface area contributed by atoms with Gasteiger partial charge in [0.1, 0.15) is 5.57 Å². The van der Waals surface area contributed by atoms with Gasteiger partial charge in [0, 0.05) is 10.5 Å². The Morgan fingerprint density at radius 1 is 1.47 bits per heavy atom. The third-order valence-corrected chi connectivity index (χ3v) is 2.30. The number of hydrogen-bond acceptors (Lipinski definition) is 4. The molecule has 1 rings (SSSR count). The number of rotatable bonds is 4. The van der Waals surface area contributed by atoms with Crippen LogP contribution in [0.2, 0.25) is 0 Å². The van der Waals surface area contributed by atoms with Gasteiger partial charge in [-0.2, -0.15) is 0 Å². The summed E-state index contributed by atoms with van der Waals surface area (Å²) in [6, 6.07) is 7.10. The van der Waals surface area contributed by atoms with Crippen LogP contribution in [-0.2, 0) is 9.53 Å². The number of methoxy groups -OCH3 is 1. The van der Waals surface area contributed by atoms with Gasteiger partial charge in [-0.1, -0.05) is 24.1 Å². The fraction of sp³-hybridized carbons (Fsp3) is 0.214. The van der Waals surface area contributed by atoms with E-state index in [-0.39, 0.29) is 5.57 Å². The lowest BCUT2D eigenvalue weighted by Crippen LogP contribution is -2.14. The molecule has 0 aromatic heterocycles. The second-order valence-electron chi connectivity index (χ2n) is 3.61. The molecule has 0 aliphatic heterocycles. The molecule has 0 radical (unpaired) electrons. The van der Waals surface area contributed by atoms with Crippen LogP contribution in [0, 0.1) is 22.0 Å². The largest absolute Gasteiger partial charge is 0.465 e. The molecule has 5 heteroatoms. The van der Waals surface area contributed by atoms with Crippen molar-refractivity contribution in [3.8, 4) is 11.8 Å². The van der Waals surface area contributed by atoms with E-state index in [0.717, 1.165) is 0 Å². The van der Waals surface area contributed by atoms with Gasteiger partial charge in [0.25, 0.3) is 0 Å². The van der Waals surface area contributed by atoms with E-state index in [0.29, 0.717) is 11.1 Å². The van der Waals surface area contributed by atoms with Gasteiger partial charge in [0.05, 0.1) is 7.11 Å². The lowest BCUT2D eigenvalue weighted by atomic mass is 10.0. The Hall–Kier alpha value is -2.61. The van der Waals surface area contributed by atoms with E-state index in [9.17, 15) is 14.9 Å². The standard InChI is InChI=1S/C14H13NO4/c1-3-6-11-7-4-5-8-12(11)9-13(10-15(17)18)14(16)19-2/h4-5,7-9H,10H2,1-2H3/b13-9+. The van der Waals surface area contributed by atoms with Gasteiger partial charge in [0.15, 0.2) is 0 Å². The van der Waals surface area contributed by atoms with E-state index in [1.807, 2.05) is 6.07 Å². The predicted molar refractivity (Wildman–Crippen MR) is 70.8 cm³/mol. The Morgan fingerprint density at radius 2 is 2.16 bits per heavy atom. The molecule has 0 heterocycles. The van der Waals surface area contributed by atoms with Gasteiger partial charge in [-0.05, 0) is 24.6 Å². The molecule has 0 saturated heterocycles. The van der Waals surface area contributed by atoms with Crippen molar-refractivity contribution in [3.63, 3.8) is 0 Å². The van der Waals surface area contributed by atoms with Crippen LogP contribution in [0.5, 0.6) is 0 Å². The average molecular weight is 259 g/mol. The molecule has 0 amide bonds. The summed E-state index contributed by atoms with van der Waals surface area (Å²) in [6.07, 6.45) is 1.44. The number of carbonyl (C=O) groups excluding carboxylic acids is 1. The maximum atomic E-state index is 11.5. The monoisotopic (exact) mass is 259 g/mol. The first-order valence-electron chi connectivity index (χ1n) is 5.51. The zero-order valence-electron chi connectivity index (χ0n) is 10.7. The molecule has 1 aromatic carbocycles. The van der Waals surface area contributed by atoms with Gasteiger partial charge >= 0.3 is 5.97 Å². The first-order chi connectivity index (χ1) is 9.08. The van der Waals surface area contributed by atoms with E-state index >= 15 is 0 Å². The van der Waals surface area contributed by atoms with E-state index in [4.69, 9.17) is 0 Å². The highest BCUT2D eigenvalue weighted by atomic mass is 16.6. The van der Waals surface area contributed by atoms with Gasteiger partial charge in [-0.15, -0.1) is 5.92 Å². The van der Waals surface area contributed by atoms with Crippen molar-refractivity contribution >= 4 is 12.0 Å². The van der Waals surface area contributed by atoms with Crippen molar-refractivity contribution in [2.75, 3.05) is 13.7 Å². The Bertz CT molecular complexity index is 579. The summed E-state index contributed by atoms with van der Waals surface area (Å²) in [5, 5.41) is 10.6. The molecule has 0 fully saturated rings. The average Bonchev–Trinajstić information content (AvgIpc) is 2.39. The molecule has 98 valence electrons. The summed E-state index contributed by atoms with van der Waals surface area (Å²) in [7, 11) is 1.19. The van der Waals surface area contributed by atoms with Crippen molar-refractivity contribution in [2.24, 2.45) is 0 Å².